The van der Waals surface area contributed by atoms with Gasteiger partial charge in [0, 0.05) is 25.7 Å². The first-order valence-electron chi connectivity index (χ1n) is 40.5. The van der Waals surface area contributed by atoms with Gasteiger partial charge in [0.2, 0.25) is 0 Å². The van der Waals surface area contributed by atoms with E-state index in [0.29, 0.717) is 25.7 Å². The van der Waals surface area contributed by atoms with Crippen molar-refractivity contribution in [3.63, 3.8) is 0 Å². The molecule has 0 fully saturated rings. The zero-order chi connectivity index (χ0) is 71.4. The van der Waals surface area contributed by atoms with Gasteiger partial charge in [0.1, 0.15) is 19.3 Å². The summed E-state index contributed by atoms with van der Waals surface area (Å²) in [7, 11) is -9.91. The van der Waals surface area contributed by atoms with Gasteiger partial charge in [-0.15, -0.1) is 0 Å². The Bertz CT molecular complexity index is 1870. The number of hydrogen-bond donors (Lipinski definition) is 3. The van der Waals surface area contributed by atoms with Gasteiger partial charge >= 0.3 is 39.5 Å². The predicted molar refractivity (Wildman–Crippen MR) is 395 cm³/mol. The first kappa shape index (κ1) is 95.1. The third-order valence-corrected chi connectivity index (χ3v) is 20.5. The number of phosphoric ester groups is 2. The van der Waals surface area contributed by atoms with Gasteiger partial charge in [-0.05, 0) is 37.5 Å². The average molecular weight is 1420 g/mol. The van der Waals surface area contributed by atoms with Crippen LogP contribution in [-0.2, 0) is 65.4 Å². The first-order chi connectivity index (χ1) is 46.9. The molecule has 0 spiro atoms. The van der Waals surface area contributed by atoms with Crippen LogP contribution in [0, 0.1) is 11.8 Å². The highest BCUT2D eigenvalue weighted by Crippen LogP contribution is 2.45. The van der Waals surface area contributed by atoms with E-state index in [1.165, 1.54) is 218 Å². The van der Waals surface area contributed by atoms with Crippen molar-refractivity contribution in [1.29, 1.82) is 0 Å². The summed E-state index contributed by atoms with van der Waals surface area (Å²) in [6.07, 6.45) is 58.3. The first-order valence-corrected chi connectivity index (χ1v) is 43.5. The molecule has 0 aliphatic heterocycles. The molecule has 0 saturated carbocycles. The van der Waals surface area contributed by atoms with E-state index >= 15 is 0 Å². The molecule has 6 atom stereocenters. The number of unbranched alkanes of at least 4 members (excludes halogenated alkanes) is 46. The molecule has 0 aromatic heterocycles. The second-order valence-corrected chi connectivity index (χ2v) is 31.7. The minimum absolute atomic E-state index is 0.107. The monoisotopic (exact) mass is 1420 g/mol. The van der Waals surface area contributed by atoms with E-state index in [-0.39, 0.29) is 25.7 Å². The van der Waals surface area contributed by atoms with E-state index in [9.17, 15) is 43.2 Å². The lowest BCUT2D eigenvalue weighted by Crippen LogP contribution is -2.30. The average Bonchev–Trinajstić information content (AvgIpc) is 1.11. The number of aliphatic hydroxyl groups excluding tert-OH is 1. The molecule has 0 aromatic rings. The quantitative estimate of drug-likeness (QED) is 0.0222. The Hall–Kier alpha value is -1.94. The summed E-state index contributed by atoms with van der Waals surface area (Å²) in [5.41, 5.74) is 0. The molecule has 0 bridgehead atoms. The summed E-state index contributed by atoms with van der Waals surface area (Å²) < 4.78 is 68.6. The third-order valence-electron chi connectivity index (χ3n) is 18.6. The lowest BCUT2D eigenvalue weighted by Gasteiger charge is -2.21. The summed E-state index contributed by atoms with van der Waals surface area (Å²) in [5, 5.41) is 10.6. The van der Waals surface area contributed by atoms with Gasteiger partial charge in [-0.2, -0.15) is 0 Å². The molecule has 0 heterocycles. The van der Waals surface area contributed by atoms with Crippen LogP contribution < -0.4 is 0 Å². The number of phosphoric acid groups is 2. The highest BCUT2D eigenvalue weighted by Gasteiger charge is 2.30. The number of hydrogen-bond acceptors (Lipinski definition) is 15. The second kappa shape index (κ2) is 69.8. The van der Waals surface area contributed by atoms with Crippen molar-refractivity contribution in [3.05, 3.63) is 0 Å². The van der Waals surface area contributed by atoms with Gasteiger partial charge in [0.05, 0.1) is 26.4 Å². The largest absolute Gasteiger partial charge is 0.472 e. The third kappa shape index (κ3) is 70.9. The summed E-state index contributed by atoms with van der Waals surface area (Å²) >= 11 is 0. The molecule has 0 amide bonds. The van der Waals surface area contributed by atoms with Crippen LogP contribution in [0.2, 0.25) is 0 Å². The number of carbonyl (C=O) groups excluding carboxylic acids is 4. The summed E-state index contributed by atoms with van der Waals surface area (Å²) in [6.45, 7) is 9.58. The van der Waals surface area contributed by atoms with Crippen molar-refractivity contribution >= 4 is 39.5 Å². The Kier molecular flexibility index (Phi) is 68.4. The molecule has 0 aromatic carbocycles. The fraction of sp³-hybridized carbons (Fsp3) is 0.949. The number of esters is 4. The molecule has 0 aliphatic rings. The van der Waals surface area contributed by atoms with E-state index in [2.05, 4.69) is 41.5 Å². The summed E-state index contributed by atoms with van der Waals surface area (Å²) in [6, 6.07) is 0. The molecular weight excluding hydrogens is 1270 g/mol. The lowest BCUT2D eigenvalue weighted by atomic mass is 10.00. The maximum absolute atomic E-state index is 13.1. The van der Waals surface area contributed by atoms with Crippen LogP contribution in [0.1, 0.15) is 408 Å². The second-order valence-electron chi connectivity index (χ2n) is 28.8. The summed E-state index contributed by atoms with van der Waals surface area (Å²) in [4.78, 5) is 72.9. The molecule has 19 heteroatoms. The molecule has 0 radical (unpaired) electrons. The molecule has 3 unspecified atom stereocenters. The fourth-order valence-corrected chi connectivity index (χ4v) is 13.6. The van der Waals surface area contributed by atoms with Crippen LogP contribution in [0.4, 0.5) is 0 Å². The Morgan fingerprint density at radius 2 is 0.526 bits per heavy atom. The lowest BCUT2D eigenvalue weighted by molar-refractivity contribution is -0.161. The number of carbonyl (C=O) groups is 4. The Morgan fingerprint density at radius 1 is 0.299 bits per heavy atom. The Morgan fingerprint density at radius 3 is 0.784 bits per heavy atom. The minimum atomic E-state index is -4.96. The van der Waals surface area contributed by atoms with Gasteiger partial charge in [-0.1, -0.05) is 356 Å². The maximum Gasteiger partial charge on any atom is 0.472 e. The number of aliphatic hydroxyl groups is 1. The Labute approximate surface area is 594 Å². The van der Waals surface area contributed by atoms with E-state index in [1.54, 1.807) is 0 Å². The minimum Gasteiger partial charge on any atom is -0.462 e. The van der Waals surface area contributed by atoms with Crippen LogP contribution >= 0.6 is 15.6 Å². The zero-order valence-corrected chi connectivity index (χ0v) is 65.2. The molecular formula is C78H152O17P2. The van der Waals surface area contributed by atoms with Crippen molar-refractivity contribution < 1.29 is 80.2 Å². The van der Waals surface area contributed by atoms with Gasteiger partial charge in [-0.25, -0.2) is 9.13 Å². The predicted octanol–water partition coefficient (Wildman–Crippen LogP) is 23.1. The highest BCUT2D eigenvalue weighted by atomic mass is 31.2. The van der Waals surface area contributed by atoms with Crippen LogP contribution in [-0.4, -0.2) is 96.7 Å². The molecule has 0 rings (SSSR count). The highest BCUT2D eigenvalue weighted by molar-refractivity contribution is 7.47. The van der Waals surface area contributed by atoms with Crippen molar-refractivity contribution in [2.75, 3.05) is 39.6 Å². The molecule has 0 saturated heterocycles. The maximum atomic E-state index is 13.1. The van der Waals surface area contributed by atoms with E-state index < -0.39 is 97.5 Å². The zero-order valence-electron chi connectivity index (χ0n) is 63.4. The van der Waals surface area contributed by atoms with E-state index in [0.717, 1.165) is 108 Å². The summed E-state index contributed by atoms with van der Waals surface area (Å²) in [5.74, 6) is -0.601. The topological polar surface area (TPSA) is 237 Å². The van der Waals surface area contributed by atoms with Gasteiger partial charge in [0.15, 0.2) is 12.2 Å². The van der Waals surface area contributed by atoms with Crippen molar-refractivity contribution in [3.8, 4) is 0 Å². The number of rotatable bonds is 77. The molecule has 0 aliphatic carbocycles. The Balaban J connectivity index is 5.22. The van der Waals surface area contributed by atoms with Crippen LogP contribution in [0.15, 0.2) is 0 Å². The SMILES string of the molecule is CCCCCCCCCCCCCCCCCCCCCCC(=O)O[C@H](COC(=O)CCCCCCCCCCCCCCC(C)C)COP(=O)(O)OC[C@@H](O)COP(=O)(O)OC[C@@H](COC(=O)CCCCCCCCC(C)CC)OC(=O)CCCCCCCCCCCCCC. The van der Waals surface area contributed by atoms with Crippen molar-refractivity contribution in [2.24, 2.45) is 11.8 Å². The molecule has 97 heavy (non-hydrogen) atoms. The number of ether oxygens (including phenoxy) is 4. The van der Waals surface area contributed by atoms with E-state index in [1.807, 2.05) is 0 Å². The van der Waals surface area contributed by atoms with Crippen LogP contribution in [0.5, 0.6) is 0 Å². The van der Waals surface area contributed by atoms with Crippen LogP contribution in [0.3, 0.4) is 0 Å². The molecule has 576 valence electrons. The van der Waals surface area contributed by atoms with Crippen LogP contribution in [0.25, 0.3) is 0 Å². The fourth-order valence-electron chi connectivity index (χ4n) is 12.0. The van der Waals surface area contributed by atoms with Gasteiger partial charge in [0.25, 0.3) is 0 Å². The molecule has 3 N–H and O–H groups in total. The van der Waals surface area contributed by atoms with Crippen molar-refractivity contribution in [1.82, 2.24) is 0 Å². The van der Waals surface area contributed by atoms with E-state index in [4.69, 9.17) is 37.0 Å². The van der Waals surface area contributed by atoms with Crippen molar-refractivity contribution in [2.45, 2.75) is 426 Å². The standard InChI is InChI=1S/C78H152O17P2/c1-7-10-12-14-16-18-20-22-23-24-25-26-27-28-29-35-39-43-51-57-63-78(83)94-73(66-88-75(80)60-54-48-41-37-34-31-30-32-36-40-46-52-58-70(4)5)68-92-96(84,85)90-64-72(79)65-91-97(86,87)93-69-74(67-89-76(81)61-55-49-45-44-47-53-59-71(6)9-3)95-77(82)62-56-50-42-38-33-21-19-17-15-13-11-8-2/h70-74,79H,7-69H2,1-6H3,(H,84,85)(H,86,87)/t71?,72-,73-,74-/m1/s1. The van der Waals surface area contributed by atoms with Gasteiger partial charge < -0.3 is 33.8 Å². The normalized spacial score (nSPS) is 14.2. The molecule has 17 nitrogen and oxygen atoms in total. The van der Waals surface area contributed by atoms with Gasteiger partial charge in [-0.3, -0.25) is 37.3 Å². The smallest absolute Gasteiger partial charge is 0.462 e.